The fourth-order valence-electron chi connectivity index (χ4n) is 1.87. The molecule has 0 aliphatic carbocycles. The van der Waals surface area contributed by atoms with Gasteiger partial charge in [-0.1, -0.05) is 6.92 Å². The van der Waals surface area contributed by atoms with Crippen LogP contribution in [0.5, 0.6) is 11.5 Å². The number of hydrogen-bond acceptors (Lipinski definition) is 4. The summed E-state index contributed by atoms with van der Waals surface area (Å²) in [5.41, 5.74) is 0.383. The van der Waals surface area contributed by atoms with Gasteiger partial charge in [-0.25, -0.2) is 0 Å². The summed E-state index contributed by atoms with van der Waals surface area (Å²) in [6.45, 7) is 6.53. The number of hydrogen-bond donors (Lipinski definition) is 2. The van der Waals surface area contributed by atoms with Crippen molar-refractivity contribution in [2.75, 3.05) is 20.3 Å². The Hall–Kier alpha value is -1.76. The molecule has 1 aromatic carbocycles. The molecule has 1 aromatic rings. The summed E-state index contributed by atoms with van der Waals surface area (Å²) in [7, 11) is 1.51. The third-order valence-electron chi connectivity index (χ3n) is 3.03. The van der Waals surface area contributed by atoms with Gasteiger partial charge in [-0.2, -0.15) is 0 Å². The van der Waals surface area contributed by atoms with Gasteiger partial charge >= 0.3 is 0 Å². The molecule has 128 valence electrons. The number of halogens is 1. The fourth-order valence-corrected chi connectivity index (χ4v) is 2.42. The zero-order chi connectivity index (χ0) is 17.4. The van der Waals surface area contributed by atoms with Crippen LogP contribution in [0.3, 0.4) is 0 Å². The van der Waals surface area contributed by atoms with Crippen LogP contribution in [0.1, 0.15) is 37.6 Å². The van der Waals surface area contributed by atoms with Crippen LogP contribution < -0.4 is 20.1 Å². The van der Waals surface area contributed by atoms with Crippen molar-refractivity contribution in [1.82, 2.24) is 10.6 Å². The maximum atomic E-state index is 12.3. The van der Waals surface area contributed by atoms with Crippen molar-refractivity contribution >= 4 is 27.7 Å². The number of likely N-dealkylation sites (N-methyl/N-ethyl adjacent to an activating group) is 1. The summed E-state index contributed by atoms with van der Waals surface area (Å²) in [4.78, 5) is 24.0. The molecule has 0 aliphatic heterocycles. The molecule has 0 aromatic heterocycles. The van der Waals surface area contributed by atoms with Crippen molar-refractivity contribution in [2.24, 2.45) is 0 Å². The molecule has 1 rings (SSSR count). The molecule has 0 saturated carbocycles. The van der Waals surface area contributed by atoms with Gasteiger partial charge in [0.1, 0.15) is 6.04 Å². The number of rotatable bonds is 8. The number of carbonyl (C=O) groups excluding carboxylic acids is 2. The van der Waals surface area contributed by atoms with Gasteiger partial charge in [0, 0.05) is 12.1 Å². The minimum Gasteiger partial charge on any atom is -0.493 e. The van der Waals surface area contributed by atoms with Crippen LogP contribution in [0.2, 0.25) is 0 Å². The first-order chi connectivity index (χ1) is 10.9. The highest BCUT2D eigenvalue weighted by Gasteiger charge is 2.19. The number of nitrogens with one attached hydrogen (secondary N) is 2. The molecule has 23 heavy (non-hydrogen) atoms. The Labute approximate surface area is 145 Å². The molecule has 6 nitrogen and oxygen atoms in total. The van der Waals surface area contributed by atoms with E-state index in [0.717, 1.165) is 6.42 Å². The smallest absolute Gasteiger partial charge is 0.252 e. The molecule has 0 aliphatic rings. The molecule has 0 saturated heterocycles. The molecule has 1 atom stereocenters. The third kappa shape index (κ3) is 5.42. The Balaban J connectivity index is 2.93. The van der Waals surface area contributed by atoms with Crippen molar-refractivity contribution in [3.8, 4) is 11.5 Å². The average molecular weight is 387 g/mol. The first-order valence-electron chi connectivity index (χ1n) is 7.53. The molecule has 0 fully saturated rings. The van der Waals surface area contributed by atoms with E-state index in [1.807, 2.05) is 13.8 Å². The van der Waals surface area contributed by atoms with Crippen LogP contribution in [0, 0.1) is 0 Å². The van der Waals surface area contributed by atoms with Crippen molar-refractivity contribution in [3.05, 3.63) is 22.2 Å². The molecule has 7 heteroatoms. The SMILES string of the molecule is CCCOc1c(Br)cc(C(=O)NC(C)C(=O)NCC)cc1OC. The zero-order valence-electron chi connectivity index (χ0n) is 13.9. The summed E-state index contributed by atoms with van der Waals surface area (Å²) < 4.78 is 11.5. The van der Waals surface area contributed by atoms with E-state index in [1.54, 1.807) is 19.1 Å². The van der Waals surface area contributed by atoms with E-state index in [9.17, 15) is 9.59 Å². The Morgan fingerprint density at radius 1 is 1.30 bits per heavy atom. The van der Waals surface area contributed by atoms with E-state index in [0.29, 0.717) is 34.7 Å². The summed E-state index contributed by atoms with van der Waals surface area (Å²) >= 11 is 3.39. The van der Waals surface area contributed by atoms with Crippen molar-refractivity contribution in [3.63, 3.8) is 0 Å². The van der Waals surface area contributed by atoms with E-state index in [-0.39, 0.29) is 11.8 Å². The van der Waals surface area contributed by atoms with Gasteiger partial charge in [-0.15, -0.1) is 0 Å². The summed E-state index contributed by atoms with van der Waals surface area (Å²) in [6, 6.07) is 2.62. The van der Waals surface area contributed by atoms with Crippen molar-refractivity contribution in [1.29, 1.82) is 0 Å². The minimum atomic E-state index is -0.622. The van der Waals surface area contributed by atoms with Gasteiger partial charge in [0.2, 0.25) is 5.91 Å². The van der Waals surface area contributed by atoms with Gasteiger partial charge in [0.25, 0.3) is 5.91 Å². The maximum absolute atomic E-state index is 12.3. The van der Waals surface area contributed by atoms with Gasteiger partial charge in [-0.3, -0.25) is 9.59 Å². The second kappa shape index (κ2) is 9.39. The predicted molar refractivity (Wildman–Crippen MR) is 92.1 cm³/mol. The first-order valence-corrected chi connectivity index (χ1v) is 8.32. The molecular formula is C16H23BrN2O4. The lowest BCUT2D eigenvalue weighted by atomic mass is 10.1. The van der Waals surface area contributed by atoms with Gasteiger partial charge in [0.15, 0.2) is 11.5 Å². The van der Waals surface area contributed by atoms with Crippen LogP contribution in [0.25, 0.3) is 0 Å². The Bertz CT molecular complexity index is 563. The van der Waals surface area contributed by atoms with E-state index in [2.05, 4.69) is 26.6 Å². The number of carbonyl (C=O) groups is 2. The second-order valence-electron chi connectivity index (χ2n) is 4.93. The molecule has 0 bridgehead atoms. The lowest BCUT2D eigenvalue weighted by Gasteiger charge is -2.16. The highest BCUT2D eigenvalue weighted by atomic mass is 79.9. The summed E-state index contributed by atoms with van der Waals surface area (Å²) in [5, 5.41) is 5.31. The highest BCUT2D eigenvalue weighted by molar-refractivity contribution is 9.10. The second-order valence-corrected chi connectivity index (χ2v) is 5.78. The highest BCUT2D eigenvalue weighted by Crippen LogP contribution is 2.36. The molecule has 2 amide bonds. The summed E-state index contributed by atoms with van der Waals surface area (Å²) in [5.74, 6) is 0.436. The molecule has 0 heterocycles. The maximum Gasteiger partial charge on any atom is 0.252 e. The predicted octanol–water partition coefficient (Wildman–Crippen LogP) is 2.50. The van der Waals surface area contributed by atoms with Crippen molar-refractivity contribution < 1.29 is 19.1 Å². The third-order valence-corrected chi connectivity index (χ3v) is 3.62. The lowest BCUT2D eigenvalue weighted by molar-refractivity contribution is -0.122. The minimum absolute atomic E-state index is 0.227. The number of ether oxygens (including phenoxy) is 2. The molecule has 0 spiro atoms. The topological polar surface area (TPSA) is 76.7 Å². The quantitative estimate of drug-likeness (QED) is 0.719. The standard InChI is InChI=1S/C16H23BrN2O4/c1-5-7-23-14-12(17)8-11(9-13(14)22-4)16(21)19-10(3)15(20)18-6-2/h8-10H,5-7H2,1-4H3,(H,18,20)(H,19,21). The van der Waals surface area contributed by atoms with Crippen LogP contribution in [-0.2, 0) is 4.79 Å². The van der Waals surface area contributed by atoms with E-state index in [4.69, 9.17) is 9.47 Å². The van der Waals surface area contributed by atoms with E-state index < -0.39 is 6.04 Å². The lowest BCUT2D eigenvalue weighted by Crippen LogP contribution is -2.44. The Morgan fingerprint density at radius 3 is 2.57 bits per heavy atom. The average Bonchev–Trinajstić information content (AvgIpc) is 2.53. The Kier molecular flexibility index (Phi) is 7.88. The molecule has 1 unspecified atom stereocenters. The van der Waals surface area contributed by atoms with Crippen LogP contribution >= 0.6 is 15.9 Å². The monoisotopic (exact) mass is 386 g/mol. The van der Waals surface area contributed by atoms with Gasteiger partial charge in [0.05, 0.1) is 18.2 Å². The van der Waals surface area contributed by atoms with Gasteiger partial charge in [-0.05, 0) is 48.3 Å². The largest absolute Gasteiger partial charge is 0.493 e. The molecule has 2 N–H and O–H groups in total. The molecule has 0 radical (unpaired) electrons. The molecular weight excluding hydrogens is 364 g/mol. The van der Waals surface area contributed by atoms with Crippen molar-refractivity contribution in [2.45, 2.75) is 33.2 Å². The van der Waals surface area contributed by atoms with Crippen LogP contribution in [0.4, 0.5) is 0 Å². The summed E-state index contributed by atoms with van der Waals surface area (Å²) in [6.07, 6.45) is 0.863. The zero-order valence-corrected chi connectivity index (χ0v) is 15.5. The number of methoxy groups -OCH3 is 1. The van der Waals surface area contributed by atoms with E-state index >= 15 is 0 Å². The first kappa shape index (κ1) is 19.3. The van der Waals surface area contributed by atoms with Crippen LogP contribution in [-0.4, -0.2) is 38.1 Å². The van der Waals surface area contributed by atoms with Gasteiger partial charge < -0.3 is 20.1 Å². The van der Waals surface area contributed by atoms with E-state index in [1.165, 1.54) is 7.11 Å². The van der Waals surface area contributed by atoms with Crippen LogP contribution in [0.15, 0.2) is 16.6 Å². The number of amides is 2. The number of benzene rings is 1. The Morgan fingerprint density at radius 2 is 2.00 bits per heavy atom. The fraction of sp³-hybridized carbons (Fsp3) is 0.500. The normalized spacial score (nSPS) is 11.5.